The summed E-state index contributed by atoms with van der Waals surface area (Å²) in [6.45, 7) is 2.15. The number of carbonyl (C=O) groups is 2. The van der Waals surface area contributed by atoms with Crippen molar-refractivity contribution in [1.82, 2.24) is 4.90 Å². The van der Waals surface area contributed by atoms with Crippen LogP contribution in [0.25, 0.3) is 0 Å². The molecule has 1 amide bonds. The van der Waals surface area contributed by atoms with Gasteiger partial charge in [-0.15, -0.1) is 0 Å². The Labute approximate surface area is 134 Å². The number of aryl methyl sites for hydroxylation is 1. The number of hydrogen-bond donors (Lipinski definition) is 1. The third-order valence-corrected chi connectivity index (χ3v) is 4.95. The van der Waals surface area contributed by atoms with Crippen LogP contribution in [0.3, 0.4) is 0 Å². The fourth-order valence-corrected chi connectivity index (χ4v) is 3.57. The molecule has 1 saturated heterocycles. The van der Waals surface area contributed by atoms with E-state index < -0.39 is 27.8 Å². The second-order valence-electron chi connectivity index (χ2n) is 5.38. The van der Waals surface area contributed by atoms with Crippen molar-refractivity contribution in [1.29, 1.82) is 0 Å². The van der Waals surface area contributed by atoms with E-state index >= 15 is 0 Å². The van der Waals surface area contributed by atoms with Gasteiger partial charge in [0.25, 0.3) is 5.91 Å². The molecule has 0 aliphatic carbocycles. The zero-order chi connectivity index (χ0) is 17.2. The van der Waals surface area contributed by atoms with Gasteiger partial charge < -0.3 is 14.7 Å². The van der Waals surface area contributed by atoms with Crippen LogP contribution in [0.15, 0.2) is 23.1 Å². The summed E-state index contributed by atoms with van der Waals surface area (Å²) in [5, 5.41) is 9.20. The van der Waals surface area contributed by atoms with E-state index in [9.17, 15) is 23.1 Å². The third-order valence-electron chi connectivity index (χ3n) is 3.77. The van der Waals surface area contributed by atoms with Crippen LogP contribution in [-0.2, 0) is 25.8 Å². The van der Waals surface area contributed by atoms with Crippen molar-refractivity contribution in [3.63, 3.8) is 0 Å². The number of carboxylic acid groups (broad SMARTS) is 1. The highest BCUT2D eigenvalue weighted by Crippen LogP contribution is 2.21. The SMILES string of the molecule is CCc1ccc(C(=O)N2CCOCC2C(=O)O)cc1S(C)(=O)=O. The van der Waals surface area contributed by atoms with Gasteiger partial charge in [0, 0.05) is 18.4 Å². The summed E-state index contributed by atoms with van der Waals surface area (Å²) in [6.07, 6.45) is 1.61. The van der Waals surface area contributed by atoms with Crippen LogP contribution in [-0.4, -0.2) is 62.4 Å². The summed E-state index contributed by atoms with van der Waals surface area (Å²) in [7, 11) is -3.47. The maximum Gasteiger partial charge on any atom is 0.328 e. The predicted molar refractivity (Wildman–Crippen MR) is 82.2 cm³/mol. The Kier molecular flexibility index (Phi) is 5.06. The van der Waals surface area contributed by atoms with Gasteiger partial charge in [-0.1, -0.05) is 13.0 Å². The number of amides is 1. The third kappa shape index (κ3) is 3.70. The highest BCUT2D eigenvalue weighted by Gasteiger charge is 2.33. The molecule has 126 valence electrons. The molecule has 1 unspecified atom stereocenters. The van der Waals surface area contributed by atoms with Gasteiger partial charge in [-0.2, -0.15) is 0 Å². The molecular weight excluding hydrogens is 322 g/mol. The number of ether oxygens (including phenoxy) is 1. The minimum absolute atomic E-state index is 0.0763. The second-order valence-corrected chi connectivity index (χ2v) is 7.36. The van der Waals surface area contributed by atoms with Gasteiger partial charge in [0.05, 0.1) is 18.1 Å². The Balaban J connectivity index is 2.41. The van der Waals surface area contributed by atoms with Crippen molar-refractivity contribution >= 4 is 21.7 Å². The lowest BCUT2D eigenvalue weighted by Crippen LogP contribution is -2.52. The maximum atomic E-state index is 12.6. The van der Waals surface area contributed by atoms with Crippen LogP contribution in [0.2, 0.25) is 0 Å². The molecule has 1 heterocycles. The fraction of sp³-hybridized carbons (Fsp3) is 0.467. The molecule has 0 bridgehead atoms. The molecule has 1 aliphatic heterocycles. The van der Waals surface area contributed by atoms with Crippen molar-refractivity contribution in [2.75, 3.05) is 26.0 Å². The summed E-state index contributed by atoms with van der Waals surface area (Å²) in [6, 6.07) is 3.39. The first-order valence-electron chi connectivity index (χ1n) is 7.20. The molecule has 0 aromatic heterocycles. The first-order valence-corrected chi connectivity index (χ1v) is 9.09. The Morgan fingerprint density at radius 3 is 2.65 bits per heavy atom. The van der Waals surface area contributed by atoms with Crippen LogP contribution >= 0.6 is 0 Å². The largest absolute Gasteiger partial charge is 0.480 e. The zero-order valence-electron chi connectivity index (χ0n) is 13.0. The van der Waals surface area contributed by atoms with Crippen LogP contribution in [0.5, 0.6) is 0 Å². The Bertz CT molecular complexity index is 727. The quantitative estimate of drug-likeness (QED) is 0.859. The number of aliphatic carboxylic acids is 1. The van der Waals surface area contributed by atoms with Crippen LogP contribution in [0, 0.1) is 0 Å². The van der Waals surface area contributed by atoms with E-state index in [1.165, 1.54) is 17.0 Å². The van der Waals surface area contributed by atoms with E-state index in [1.54, 1.807) is 6.07 Å². The highest BCUT2D eigenvalue weighted by atomic mass is 32.2. The van der Waals surface area contributed by atoms with Crippen molar-refractivity contribution in [3.05, 3.63) is 29.3 Å². The smallest absolute Gasteiger partial charge is 0.328 e. The van der Waals surface area contributed by atoms with E-state index in [1.807, 2.05) is 6.92 Å². The molecule has 1 aromatic carbocycles. The zero-order valence-corrected chi connectivity index (χ0v) is 13.8. The average molecular weight is 341 g/mol. The lowest BCUT2D eigenvalue weighted by molar-refractivity contribution is -0.147. The van der Waals surface area contributed by atoms with Gasteiger partial charge in [-0.25, -0.2) is 13.2 Å². The molecule has 0 saturated carbocycles. The molecule has 2 rings (SSSR count). The normalized spacial score (nSPS) is 18.7. The Morgan fingerprint density at radius 2 is 2.09 bits per heavy atom. The summed E-state index contributed by atoms with van der Waals surface area (Å²) >= 11 is 0. The molecular formula is C15H19NO6S. The molecule has 1 fully saturated rings. The van der Waals surface area contributed by atoms with Crippen molar-refractivity contribution in [3.8, 4) is 0 Å². The van der Waals surface area contributed by atoms with Crippen LogP contribution in [0.4, 0.5) is 0 Å². The molecule has 1 atom stereocenters. The molecule has 1 aliphatic rings. The van der Waals surface area contributed by atoms with Gasteiger partial charge in [-0.3, -0.25) is 4.79 Å². The number of hydrogen-bond acceptors (Lipinski definition) is 5. The highest BCUT2D eigenvalue weighted by molar-refractivity contribution is 7.90. The number of rotatable bonds is 4. The van der Waals surface area contributed by atoms with Gasteiger partial charge in [-0.05, 0) is 24.1 Å². The predicted octanol–water partition coefficient (Wildman–Crippen LogP) is 0.578. The van der Waals surface area contributed by atoms with Gasteiger partial charge in [0.2, 0.25) is 0 Å². The maximum absolute atomic E-state index is 12.6. The van der Waals surface area contributed by atoms with E-state index in [-0.39, 0.29) is 30.2 Å². The van der Waals surface area contributed by atoms with Crippen molar-refractivity contribution < 1.29 is 27.9 Å². The molecule has 7 nitrogen and oxygen atoms in total. The number of carbonyl (C=O) groups excluding carboxylic acids is 1. The van der Waals surface area contributed by atoms with Gasteiger partial charge >= 0.3 is 5.97 Å². The lowest BCUT2D eigenvalue weighted by atomic mass is 10.1. The first-order chi connectivity index (χ1) is 10.8. The summed E-state index contributed by atoms with van der Waals surface area (Å²) < 4.78 is 28.9. The molecule has 1 aromatic rings. The first kappa shape index (κ1) is 17.4. The Hall–Kier alpha value is -1.93. The summed E-state index contributed by atoms with van der Waals surface area (Å²) in [5.41, 5.74) is 0.789. The van der Waals surface area contributed by atoms with E-state index in [0.29, 0.717) is 12.0 Å². The molecule has 23 heavy (non-hydrogen) atoms. The van der Waals surface area contributed by atoms with Crippen LogP contribution < -0.4 is 0 Å². The number of carboxylic acids is 1. The average Bonchev–Trinajstić information content (AvgIpc) is 2.52. The van der Waals surface area contributed by atoms with Gasteiger partial charge in [0.1, 0.15) is 0 Å². The molecule has 8 heteroatoms. The number of sulfone groups is 1. The number of nitrogens with zero attached hydrogens (tertiary/aromatic N) is 1. The lowest BCUT2D eigenvalue weighted by Gasteiger charge is -2.33. The van der Waals surface area contributed by atoms with Crippen molar-refractivity contribution in [2.24, 2.45) is 0 Å². The second kappa shape index (κ2) is 6.67. The van der Waals surface area contributed by atoms with E-state index in [2.05, 4.69) is 0 Å². The molecule has 0 radical (unpaired) electrons. The van der Waals surface area contributed by atoms with E-state index in [0.717, 1.165) is 6.26 Å². The number of morpholine rings is 1. The molecule has 0 spiro atoms. The number of benzene rings is 1. The molecule has 1 N–H and O–H groups in total. The topological polar surface area (TPSA) is 101 Å². The monoisotopic (exact) mass is 341 g/mol. The van der Waals surface area contributed by atoms with Crippen LogP contribution in [0.1, 0.15) is 22.8 Å². The summed E-state index contributed by atoms with van der Waals surface area (Å²) in [4.78, 5) is 25.2. The summed E-state index contributed by atoms with van der Waals surface area (Å²) in [5.74, 6) is -1.65. The van der Waals surface area contributed by atoms with Gasteiger partial charge in [0.15, 0.2) is 15.9 Å². The Morgan fingerprint density at radius 1 is 1.39 bits per heavy atom. The fourth-order valence-electron chi connectivity index (χ4n) is 2.54. The minimum Gasteiger partial charge on any atom is -0.480 e. The van der Waals surface area contributed by atoms with Crippen molar-refractivity contribution in [2.45, 2.75) is 24.3 Å². The van der Waals surface area contributed by atoms with E-state index in [4.69, 9.17) is 4.74 Å². The minimum atomic E-state index is -3.47. The standard InChI is InChI=1S/C15H19NO6S/c1-3-10-4-5-11(8-13(10)23(2,20)21)14(17)16-6-7-22-9-12(16)15(18)19/h4-5,8,12H,3,6-7,9H2,1-2H3,(H,18,19).